The first-order valence-electron chi connectivity index (χ1n) is 9.28. The van der Waals surface area contributed by atoms with Crippen LogP contribution in [-0.4, -0.2) is 3.21 Å². The Balaban J connectivity index is 0.00000121. The molecule has 3 aliphatic carbocycles. The summed E-state index contributed by atoms with van der Waals surface area (Å²) in [5, 5.41) is 0. The first-order valence-corrected chi connectivity index (χ1v) is 13.2. The Kier molecular flexibility index (Phi) is 8.08. The second-order valence-corrected chi connectivity index (χ2v) is 14.3. The smallest absolute Gasteiger partial charge is 1.00 e. The monoisotopic (exact) mass is 462 g/mol. The molecule has 0 N–H and O–H groups in total. The van der Waals surface area contributed by atoms with Gasteiger partial charge < -0.3 is 24.8 Å². The Hall–Kier alpha value is -0.487. The van der Waals surface area contributed by atoms with E-state index in [9.17, 15) is 0 Å². The maximum atomic E-state index is 2.59. The number of allylic oxidation sites excluding steroid dienone is 8. The average Bonchev–Trinajstić information content (AvgIpc) is 3.23. The molecule has 0 nitrogen and oxygen atoms in total. The van der Waals surface area contributed by atoms with Gasteiger partial charge in [0.25, 0.3) is 0 Å². The van der Waals surface area contributed by atoms with Gasteiger partial charge in [-0.2, -0.15) is 0 Å². The van der Waals surface area contributed by atoms with Gasteiger partial charge in [-0.05, 0) is 0 Å². The van der Waals surface area contributed by atoms with E-state index in [2.05, 4.69) is 68.5 Å². The van der Waals surface area contributed by atoms with E-state index in [1.807, 2.05) is 5.57 Å². The molecule has 1 unspecified atom stereocenters. The summed E-state index contributed by atoms with van der Waals surface area (Å²) < 4.78 is 4.29. The minimum atomic E-state index is -1.93. The first kappa shape index (κ1) is 21.8. The van der Waals surface area contributed by atoms with Gasteiger partial charge in [-0.25, -0.2) is 0 Å². The molecule has 0 spiro atoms. The van der Waals surface area contributed by atoms with Crippen LogP contribution in [0.15, 0.2) is 74.6 Å². The van der Waals surface area contributed by atoms with Crippen LogP contribution < -0.4 is 24.8 Å². The van der Waals surface area contributed by atoms with Crippen LogP contribution in [0.3, 0.4) is 0 Å². The van der Waals surface area contributed by atoms with Crippen molar-refractivity contribution >= 4 is 3.21 Å². The van der Waals surface area contributed by atoms with Crippen LogP contribution in [0.25, 0.3) is 0 Å². The molecule has 3 aliphatic rings. The van der Waals surface area contributed by atoms with E-state index in [1.54, 1.807) is 12.1 Å². The zero-order valence-corrected chi connectivity index (χ0v) is 19.5. The average molecular weight is 465 g/mol. The number of hydrogen-bond acceptors (Lipinski definition) is 0. The van der Waals surface area contributed by atoms with E-state index in [0.29, 0.717) is 0 Å². The van der Waals surface area contributed by atoms with Crippen LogP contribution in [0.1, 0.15) is 51.5 Å². The van der Waals surface area contributed by atoms with Gasteiger partial charge in [-0.1, -0.05) is 0 Å². The van der Waals surface area contributed by atoms with Crippen molar-refractivity contribution in [2.75, 3.05) is 0 Å². The van der Waals surface area contributed by atoms with Gasteiger partial charge >= 0.3 is 154 Å². The van der Waals surface area contributed by atoms with Crippen molar-refractivity contribution in [1.82, 2.24) is 0 Å². The molecule has 0 heterocycles. The Morgan fingerprint density at radius 3 is 2.46 bits per heavy atom. The zero-order chi connectivity index (χ0) is 16.5. The molecular formula is C23H26Cl2Zr. The Morgan fingerprint density at radius 1 is 1.04 bits per heavy atom. The fourth-order valence-electron chi connectivity index (χ4n) is 4.47. The molecule has 4 rings (SSSR count). The summed E-state index contributed by atoms with van der Waals surface area (Å²) in [4.78, 5) is 0. The first-order chi connectivity index (χ1) is 11.7. The minimum Gasteiger partial charge on any atom is -1.00 e. The number of rotatable bonds is 3. The normalized spacial score (nSPS) is 21.3. The second-order valence-electron chi connectivity index (χ2n) is 7.32. The molecule has 0 amide bonds. The van der Waals surface area contributed by atoms with Crippen molar-refractivity contribution < 1.29 is 46.1 Å². The number of benzene rings is 1. The zero-order valence-electron chi connectivity index (χ0n) is 15.6. The van der Waals surface area contributed by atoms with Gasteiger partial charge in [-0.3, -0.25) is 0 Å². The molecule has 136 valence electrons. The van der Waals surface area contributed by atoms with Crippen LogP contribution in [0.2, 0.25) is 3.63 Å². The predicted octanol–water partition coefficient (Wildman–Crippen LogP) is 0.316. The number of hydrogen-bond donors (Lipinski definition) is 0. The van der Waals surface area contributed by atoms with Crippen molar-refractivity contribution in [1.29, 1.82) is 0 Å². The maximum absolute atomic E-state index is 2.59. The largest absolute Gasteiger partial charge is 1.00 e. The van der Waals surface area contributed by atoms with Crippen molar-refractivity contribution in [3.8, 4) is 0 Å². The molecule has 0 aromatic heterocycles. The van der Waals surface area contributed by atoms with Crippen LogP contribution in [-0.2, 0) is 21.3 Å². The van der Waals surface area contributed by atoms with Crippen LogP contribution >= 0.6 is 0 Å². The summed E-state index contributed by atoms with van der Waals surface area (Å²) in [5.41, 5.74) is 6.46. The molecule has 0 radical (unpaired) electrons. The van der Waals surface area contributed by atoms with Crippen LogP contribution in [0.5, 0.6) is 0 Å². The van der Waals surface area contributed by atoms with Gasteiger partial charge in [0.15, 0.2) is 0 Å². The van der Waals surface area contributed by atoms with Crippen molar-refractivity contribution in [3.63, 3.8) is 0 Å². The molecule has 0 aliphatic heterocycles. The third-order valence-corrected chi connectivity index (χ3v) is 13.8. The predicted molar refractivity (Wildman–Crippen MR) is 101 cm³/mol. The van der Waals surface area contributed by atoms with E-state index >= 15 is 0 Å². The molecule has 26 heavy (non-hydrogen) atoms. The molecule has 1 atom stereocenters. The molecule has 3 heteroatoms. The van der Waals surface area contributed by atoms with E-state index in [4.69, 9.17) is 0 Å². The number of halogens is 2. The topological polar surface area (TPSA) is 0 Å². The Labute approximate surface area is 178 Å². The third kappa shape index (κ3) is 4.32. The second kappa shape index (κ2) is 9.63. The molecule has 1 aromatic rings. The summed E-state index contributed by atoms with van der Waals surface area (Å²) in [6, 6.07) is 11.2. The fourth-order valence-corrected chi connectivity index (χ4v) is 13.1. The van der Waals surface area contributed by atoms with Gasteiger partial charge in [0.05, 0.1) is 0 Å². The molecule has 0 saturated carbocycles. The quantitative estimate of drug-likeness (QED) is 0.605. The fraction of sp³-hybridized carbons (Fsp3) is 0.348. The summed E-state index contributed by atoms with van der Waals surface area (Å²) in [7, 11) is 0. The maximum Gasteiger partial charge on any atom is -1.00 e. The Bertz CT molecular complexity index is 810. The van der Waals surface area contributed by atoms with Crippen LogP contribution in [0.4, 0.5) is 0 Å². The minimum absolute atomic E-state index is 0. The van der Waals surface area contributed by atoms with E-state index in [1.165, 1.54) is 43.2 Å². The standard InChI is InChI=1S/C9H11.C8H8.C6H7.2ClH.Zr/c1-2-5-9-7-3-6-8(9)4-1;1-2-8-6-4-3-5-7-8;1-6-4-2-3-5-6;;;/h3,6-7H,1-2,4-5H2;3-7H,1H3;4-5H,2H2,1H3;2*1H;/q;;;;;+2/p-2. The summed E-state index contributed by atoms with van der Waals surface area (Å²) >= 11 is -1.93. The Morgan fingerprint density at radius 2 is 1.77 bits per heavy atom. The molecule has 0 bridgehead atoms. The summed E-state index contributed by atoms with van der Waals surface area (Å²) in [5.74, 6) is 0. The van der Waals surface area contributed by atoms with E-state index in [0.717, 1.165) is 3.63 Å². The molecule has 0 fully saturated rings. The summed E-state index contributed by atoms with van der Waals surface area (Å²) in [6.07, 6.45) is 16.7. The summed E-state index contributed by atoms with van der Waals surface area (Å²) in [6.45, 7) is 4.70. The van der Waals surface area contributed by atoms with Crippen molar-refractivity contribution in [2.45, 2.75) is 49.6 Å². The van der Waals surface area contributed by atoms with E-state index < -0.39 is 21.3 Å². The van der Waals surface area contributed by atoms with Crippen LogP contribution in [0, 0.1) is 0 Å². The van der Waals surface area contributed by atoms with E-state index in [-0.39, 0.29) is 24.8 Å². The van der Waals surface area contributed by atoms with Crippen molar-refractivity contribution in [2.24, 2.45) is 0 Å². The van der Waals surface area contributed by atoms with Gasteiger partial charge in [-0.15, -0.1) is 0 Å². The van der Waals surface area contributed by atoms with Crippen molar-refractivity contribution in [3.05, 3.63) is 80.2 Å². The van der Waals surface area contributed by atoms with Gasteiger partial charge in [0.2, 0.25) is 0 Å². The SMILES string of the molecule is CC1=CC[C](/[Zr+2](=[C](/C)c2ccccc2)[CH]2C=CC3=C2CCCC3)=C1.[Cl-].[Cl-]. The molecule has 1 aromatic carbocycles. The van der Waals surface area contributed by atoms with Gasteiger partial charge in [0, 0.05) is 0 Å². The third-order valence-electron chi connectivity index (χ3n) is 5.73. The molecule has 0 saturated heterocycles. The molecular weight excluding hydrogens is 438 g/mol. The van der Waals surface area contributed by atoms with Gasteiger partial charge in [0.1, 0.15) is 0 Å².